The molecule has 2 heterocycles. The summed E-state index contributed by atoms with van der Waals surface area (Å²) >= 11 is 0. The highest BCUT2D eigenvalue weighted by Gasteiger charge is 2.15. The van der Waals surface area contributed by atoms with Crippen molar-refractivity contribution in [2.45, 2.75) is 19.5 Å². The molecular formula is C30H28N4O4. The average Bonchev–Trinajstić information content (AvgIpc) is 2.93. The highest BCUT2D eigenvalue weighted by Crippen LogP contribution is 2.29. The second-order valence-corrected chi connectivity index (χ2v) is 9.26. The van der Waals surface area contributed by atoms with Gasteiger partial charge in [-0.1, -0.05) is 30.3 Å². The summed E-state index contributed by atoms with van der Waals surface area (Å²) < 4.78 is 5.55. The molecular weight excluding hydrogens is 480 g/mol. The highest BCUT2D eigenvalue weighted by molar-refractivity contribution is 6.04. The summed E-state index contributed by atoms with van der Waals surface area (Å²) in [6.45, 7) is 2.16. The van der Waals surface area contributed by atoms with Crippen LogP contribution in [-0.4, -0.2) is 40.4 Å². The number of phenolic OH excluding ortho intramolecular Hbond substituents is 1. The van der Waals surface area contributed by atoms with E-state index < -0.39 is 0 Å². The van der Waals surface area contributed by atoms with Gasteiger partial charge in [0.25, 0.3) is 11.8 Å². The van der Waals surface area contributed by atoms with Crippen LogP contribution in [0.25, 0.3) is 0 Å². The average molecular weight is 509 g/mol. The predicted octanol–water partition coefficient (Wildman–Crippen LogP) is 4.75. The van der Waals surface area contributed by atoms with Gasteiger partial charge in [-0.05, 0) is 72.6 Å². The maximum Gasteiger partial charge on any atom is 0.255 e. The molecule has 1 aliphatic rings. The van der Waals surface area contributed by atoms with E-state index in [9.17, 15) is 14.7 Å². The van der Waals surface area contributed by atoms with E-state index in [2.05, 4.69) is 33.6 Å². The van der Waals surface area contributed by atoms with E-state index in [0.717, 1.165) is 30.8 Å². The van der Waals surface area contributed by atoms with E-state index in [1.807, 2.05) is 18.2 Å². The summed E-state index contributed by atoms with van der Waals surface area (Å²) in [5.41, 5.74) is 5.00. The molecule has 0 saturated heterocycles. The Bertz CT molecular complexity index is 1470. The van der Waals surface area contributed by atoms with Gasteiger partial charge in [-0.2, -0.15) is 0 Å². The first kappa shape index (κ1) is 25.0. The molecule has 3 N–H and O–H groups in total. The number of hydrogen-bond donors (Lipinski definition) is 3. The predicted molar refractivity (Wildman–Crippen MR) is 144 cm³/mol. The molecule has 0 atom stereocenters. The van der Waals surface area contributed by atoms with Crippen molar-refractivity contribution in [1.29, 1.82) is 0 Å². The van der Waals surface area contributed by atoms with Gasteiger partial charge in [0, 0.05) is 43.1 Å². The zero-order chi connectivity index (χ0) is 26.5. The fourth-order valence-electron chi connectivity index (χ4n) is 4.32. The van der Waals surface area contributed by atoms with Crippen LogP contribution in [0.3, 0.4) is 0 Å². The van der Waals surface area contributed by atoms with Crippen molar-refractivity contribution in [3.63, 3.8) is 0 Å². The van der Waals surface area contributed by atoms with Crippen molar-refractivity contribution >= 4 is 17.5 Å². The SMILES string of the molecule is CN1CCc2ccc(NC(=O)c3cccc(CNC(=O)c4ccc(Oc5ccccc5O)nc4)c3)cc2C1. The number of likely N-dealkylation sites (N-methyl/N-ethyl adjacent to an activating group) is 1. The third-order valence-corrected chi connectivity index (χ3v) is 6.39. The van der Waals surface area contributed by atoms with E-state index in [4.69, 9.17) is 4.74 Å². The van der Waals surface area contributed by atoms with E-state index in [1.165, 1.54) is 23.4 Å². The third kappa shape index (κ3) is 5.99. The number of hydrogen-bond acceptors (Lipinski definition) is 6. The normalized spacial score (nSPS) is 12.9. The lowest BCUT2D eigenvalue weighted by molar-refractivity contribution is 0.0950. The Hall–Kier alpha value is -4.69. The van der Waals surface area contributed by atoms with Crippen LogP contribution >= 0.6 is 0 Å². The Morgan fingerprint density at radius 3 is 2.63 bits per heavy atom. The van der Waals surface area contributed by atoms with Crippen LogP contribution in [0.1, 0.15) is 37.4 Å². The maximum atomic E-state index is 12.9. The molecule has 38 heavy (non-hydrogen) atoms. The largest absolute Gasteiger partial charge is 0.504 e. The number of para-hydroxylation sites is 2. The first-order chi connectivity index (χ1) is 18.4. The van der Waals surface area contributed by atoms with E-state index in [1.54, 1.807) is 48.5 Å². The Labute approximate surface area is 220 Å². The summed E-state index contributed by atoms with van der Waals surface area (Å²) in [7, 11) is 2.09. The number of pyridine rings is 1. The fraction of sp³-hybridized carbons (Fsp3) is 0.167. The van der Waals surface area contributed by atoms with Crippen LogP contribution in [-0.2, 0) is 19.5 Å². The smallest absolute Gasteiger partial charge is 0.255 e. The molecule has 4 aromatic rings. The van der Waals surface area contributed by atoms with Gasteiger partial charge in [0.05, 0.1) is 5.56 Å². The molecule has 8 nitrogen and oxygen atoms in total. The molecule has 5 rings (SSSR count). The zero-order valence-corrected chi connectivity index (χ0v) is 21.0. The molecule has 8 heteroatoms. The van der Waals surface area contributed by atoms with Crippen LogP contribution in [0.4, 0.5) is 5.69 Å². The Balaban J connectivity index is 1.17. The minimum atomic E-state index is -0.305. The number of rotatable bonds is 7. The number of aromatic nitrogens is 1. The monoisotopic (exact) mass is 508 g/mol. The van der Waals surface area contributed by atoms with Gasteiger partial charge in [0.15, 0.2) is 11.5 Å². The molecule has 192 valence electrons. The first-order valence-corrected chi connectivity index (χ1v) is 12.4. The molecule has 0 unspecified atom stereocenters. The summed E-state index contributed by atoms with van der Waals surface area (Å²) in [6, 6.07) is 23.0. The molecule has 0 aliphatic carbocycles. The first-order valence-electron chi connectivity index (χ1n) is 12.4. The number of anilines is 1. The zero-order valence-electron chi connectivity index (χ0n) is 21.0. The highest BCUT2D eigenvalue weighted by atomic mass is 16.5. The number of amides is 2. The van der Waals surface area contributed by atoms with Crippen LogP contribution in [0.15, 0.2) is 85.1 Å². The minimum absolute atomic E-state index is 0.00236. The Kier molecular flexibility index (Phi) is 7.33. The number of nitrogens with one attached hydrogen (secondary N) is 2. The number of nitrogens with zero attached hydrogens (tertiary/aromatic N) is 2. The van der Waals surface area contributed by atoms with Crippen molar-refractivity contribution in [2.24, 2.45) is 0 Å². The lowest BCUT2D eigenvalue weighted by Gasteiger charge is -2.25. The molecule has 0 fully saturated rings. The summed E-state index contributed by atoms with van der Waals surface area (Å²) in [5.74, 6) is 0.0302. The second-order valence-electron chi connectivity index (χ2n) is 9.26. The van der Waals surface area contributed by atoms with Gasteiger partial charge in [0.1, 0.15) is 0 Å². The summed E-state index contributed by atoms with van der Waals surface area (Å²) in [6.07, 6.45) is 2.42. The standard InChI is InChI=1S/C30H28N4O4/c1-34-14-13-21-9-11-25(16-24(21)19-34)33-30(37)22-6-4-5-20(15-22)17-32-29(36)23-10-12-28(31-18-23)38-27-8-3-2-7-26(27)35/h2-12,15-16,18,35H,13-14,17,19H2,1H3,(H,32,36)(H,33,37). The van der Waals surface area contributed by atoms with E-state index in [0.29, 0.717) is 11.1 Å². The molecule has 0 radical (unpaired) electrons. The van der Waals surface area contributed by atoms with E-state index >= 15 is 0 Å². The number of aromatic hydroxyl groups is 1. The van der Waals surface area contributed by atoms with Gasteiger partial charge in [0.2, 0.25) is 5.88 Å². The lowest BCUT2D eigenvalue weighted by atomic mass is 9.99. The van der Waals surface area contributed by atoms with Crippen LogP contribution in [0, 0.1) is 0 Å². The Morgan fingerprint density at radius 1 is 0.947 bits per heavy atom. The van der Waals surface area contributed by atoms with E-state index in [-0.39, 0.29) is 35.7 Å². The fourth-order valence-corrected chi connectivity index (χ4v) is 4.32. The number of ether oxygens (including phenoxy) is 1. The van der Waals surface area contributed by atoms with Crippen molar-refractivity contribution in [3.8, 4) is 17.4 Å². The molecule has 0 bridgehead atoms. The van der Waals surface area contributed by atoms with Gasteiger partial charge in [-0.15, -0.1) is 0 Å². The number of fused-ring (bicyclic) bond motifs is 1. The number of carbonyl (C=O) groups excluding carboxylic acids is 2. The number of carbonyl (C=O) groups is 2. The van der Waals surface area contributed by atoms with Gasteiger partial charge in [-0.25, -0.2) is 4.98 Å². The quantitative estimate of drug-likeness (QED) is 0.333. The summed E-state index contributed by atoms with van der Waals surface area (Å²) in [4.78, 5) is 31.9. The van der Waals surface area contributed by atoms with Gasteiger partial charge in [-0.3, -0.25) is 9.59 Å². The van der Waals surface area contributed by atoms with Crippen molar-refractivity contribution in [2.75, 3.05) is 18.9 Å². The van der Waals surface area contributed by atoms with Crippen LogP contribution < -0.4 is 15.4 Å². The molecule has 1 aromatic heterocycles. The third-order valence-electron chi connectivity index (χ3n) is 6.39. The molecule has 2 amide bonds. The maximum absolute atomic E-state index is 12.9. The van der Waals surface area contributed by atoms with Crippen molar-refractivity contribution in [1.82, 2.24) is 15.2 Å². The van der Waals surface area contributed by atoms with Gasteiger partial charge < -0.3 is 25.4 Å². The Morgan fingerprint density at radius 2 is 1.82 bits per heavy atom. The topological polar surface area (TPSA) is 104 Å². The van der Waals surface area contributed by atoms with Crippen LogP contribution in [0.2, 0.25) is 0 Å². The molecule has 0 spiro atoms. The number of phenols is 1. The molecule has 0 saturated carbocycles. The van der Waals surface area contributed by atoms with Gasteiger partial charge >= 0.3 is 0 Å². The lowest BCUT2D eigenvalue weighted by Crippen LogP contribution is -2.26. The molecule has 1 aliphatic heterocycles. The van der Waals surface area contributed by atoms with Crippen molar-refractivity contribution in [3.05, 3.63) is 113 Å². The van der Waals surface area contributed by atoms with Crippen LogP contribution in [0.5, 0.6) is 17.4 Å². The second kappa shape index (κ2) is 11.1. The number of benzene rings is 3. The molecule has 3 aromatic carbocycles. The minimum Gasteiger partial charge on any atom is -0.504 e. The summed E-state index contributed by atoms with van der Waals surface area (Å²) in [5, 5.41) is 15.7. The van der Waals surface area contributed by atoms with Crippen molar-refractivity contribution < 1.29 is 19.4 Å².